The second kappa shape index (κ2) is 13.0. The molecule has 6 rings (SSSR count). The second-order valence-corrected chi connectivity index (χ2v) is 11.2. The number of pyridine rings is 1. The van der Waals surface area contributed by atoms with Crippen molar-refractivity contribution in [1.29, 1.82) is 0 Å². The fourth-order valence-electron chi connectivity index (χ4n) is 5.47. The number of halogens is 4. The van der Waals surface area contributed by atoms with Crippen molar-refractivity contribution in [3.05, 3.63) is 143 Å². The molecule has 4 aromatic carbocycles. The average Bonchev–Trinajstić information content (AvgIpc) is 3.04. The Labute approximate surface area is 259 Å². The molecule has 8 heteroatoms. The molecule has 1 atom stereocenters. The normalized spacial score (nSPS) is 16.0. The van der Waals surface area contributed by atoms with Gasteiger partial charge in [-0.05, 0) is 59.0 Å². The maximum Gasteiger partial charge on any atom is 0.272 e. The lowest BCUT2D eigenvalue weighted by Gasteiger charge is -2.40. The highest BCUT2D eigenvalue weighted by atomic mass is 35.5. The quantitative estimate of drug-likeness (QED) is 0.166. The van der Waals surface area contributed by atoms with Gasteiger partial charge in [-0.1, -0.05) is 90.5 Å². The van der Waals surface area contributed by atoms with E-state index in [-0.39, 0.29) is 24.6 Å². The minimum atomic E-state index is -3.05. The first-order valence-electron chi connectivity index (χ1n) is 14.4. The van der Waals surface area contributed by atoms with E-state index in [9.17, 15) is 0 Å². The minimum Gasteiger partial charge on any atom is -0.473 e. The molecule has 0 saturated carbocycles. The Kier molecular flexibility index (Phi) is 8.75. The Morgan fingerprint density at radius 3 is 2.09 bits per heavy atom. The minimum absolute atomic E-state index is 0.130. The van der Waals surface area contributed by atoms with Crippen LogP contribution in [0.25, 0.3) is 11.1 Å². The van der Waals surface area contributed by atoms with Crippen molar-refractivity contribution in [3.8, 4) is 22.9 Å². The molecular weight excluding hydrogens is 585 g/mol. The molecule has 1 aliphatic rings. The van der Waals surface area contributed by atoms with E-state index >= 15 is 13.2 Å². The predicted octanol–water partition coefficient (Wildman–Crippen LogP) is 9.33. The van der Waals surface area contributed by atoms with Crippen LogP contribution in [-0.4, -0.2) is 24.0 Å². The predicted molar refractivity (Wildman–Crippen MR) is 167 cm³/mol. The number of hydrogen-bond acceptors (Lipinski definition) is 4. The van der Waals surface area contributed by atoms with Crippen molar-refractivity contribution in [2.45, 2.75) is 31.5 Å². The molecule has 1 aliphatic heterocycles. The number of alkyl halides is 2. The Morgan fingerprint density at radius 1 is 0.795 bits per heavy atom. The maximum atomic E-state index is 15.6. The number of ether oxygens (including phenoxy) is 2. The van der Waals surface area contributed by atoms with Crippen molar-refractivity contribution < 1.29 is 22.6 Å². The molecular formula is C36H30ClF3N2O2. The number of benzene rings is 4. The number of piperidine rings is 1. The first-order valence-corrected chi connectivity index (χ1v) is 14.8. The van der Waals surface area contributed by atoms with E-state index in [2.05, 4.69) is 4.98 Å². The molecule has 0 bridgehead atoms. The number of anilines is 1. The van der Waals surface area contributed by atoms with Crippen LogP contribution in [0.15, 0.2) is 115 Å². The molecule has 224 valence electrons. The molecule has 44 heavy (non-hydrogen) atoms. The van der Waals surface area contributed by atoms with E-state index < -0.39 is 24.2 Å². The topological polar surface area (TPSA) is 34.6 Å². The van der Waals surface area contributed by atoms with Crippen LogP contribution in [0.2, 0.25) is 5.02 Å². The Balaban J connectivity index is 1.23. The smallest absolute Gasteiger partial charge is 0.272 e. The summed E-state index contributed by atoms with van der Waals surface area (Å²) in [6.07, 6.45) is 0.182. The van der Waals surface area contributed by atoms with E-state index in [4.69, 9.17) is 21.1 Å². The third kappa shape index (κ3) is 6.84. The molecule has 0 N–H and O–H groups in total. The van der Waals surface area contributed by atoms with E-state index in [0.29, 0.717) is 40.7 Å². The van der Waals surface area contributed by atoms with Gasteiger partial charge in [0.05, 0.1) is 18.2 Å². The zero-order valence-corrected chi connectivity index (χ0v) is 24.6. The molecule has 0 radical (unpaired) electrons. The summed E-state index contributed by atoms with van der Waals surface area (Å²) in [7, 11) is 0. The van der Waals surface area contributed by atoms with Crippen LogP contribution < -0.4 is 14.4 Å². The lowest BCUT2D eigenvalue weighted by atomic mass is 9.86. The van der Waals surface area contributed by atoms with E-state index in [1.807, 2.05) is 60.7 Å². The summed E-state index contributed by atoms with van der Waals surface area (Å²) in [6, 6.07) is 33.9. The lowest BCUT2D eigenvalue weighted by Crippen LogP contribution is -2.47. The Bertz CT molecular complexity index is 1700. The highest BCUT2D eigenvalue weighted by Crippen LogP contribution is 2.43. The van der Waals surface area contributed by atoms with Gasteiger partial charge in [0.25, 0.3) is 5.92 Å². The monoisotopic (exact) mass is 614 g/mol. The van der Waals surface area contributed by atoms with Gasteiger partial charge >= 0.3 is 0 Å². The van der Waals surface area contributed by atoms with Gasteiger partial charge in [0.1, 0.15) is 19.0 Å². The van der Waals surface area contributed by atoms with Gasteiger partial charge in [0.2, 0.25) is 11.8 Å². The highest BCUT2D eigenvalue weighted by molar-refractivity contribution is 6.30. The maximum absolute atomic E-state index is 15.6. The van der Waals surface area contributed by atoms with Crippen LogP contribution >= 0.6 is 11.6 Å². The van der Waals surface area contributed by atoms with E-state index in [0.717, 1.165) is 11.1 Å². The molecule has 0 amide bonds. The van der Waals surface area contributed by atoms with Gasteiger partial charge in [-0.15, -0.1) is 0 Å². The summed E-state index contributed by atoms with van der Waals surface area (Å²) in [5, 5.41) is 0.495. The van der Waals surface area contributed by atoms with Crippen molar-refractivity contribution in [2.24, 2.45) is 0 Å². The van der Waals surface area contributed by atoms with Gasteiger partial charge < -0.3 is 14.4 Å². The first-order chi connectivity index (χ1) is 21.4. The first kappa shape index (κ1) is 29.6. The van der Waals surface area contributed by atoms with Crippen LogP contribution in [0.5, 0.6) is 11.8 Å². The lowest BCUT2D eigenvalue weighted by molar-refractivity contribution is -0.0332. The molecule has 0 unspecified atom stereocenters. The Hall–Kier alpha value is -4.49. The zero-order valence-electron chi connectivity index (χ0n) is 23.8. The molecule has 5 aromatic rings. The third-order valence-corrected chi connectivity index (χ3v) is 8.01. The highest BCUT2D eigenvalue weighted by Gasteiger charge is 2.45. The van der Waals surface area contributed by atoms with Crippen molar-refractivity contribution >= 4 is 17.3 Å². The van der Waals surface area contributed by atoms with E-state index in [1.165, 1.54) is 11.0 Å². The fraction of sp³-hybridized carbons (Fsp3) is 0.194. The van der Waals surface area contributed by atoms with Gasteiger partial charge in [-0.25, -0.2) is 13.2 Å². The van der Waals surface area contributed by atoms with Gasteiger partial charge in [0, 0.05) is 23.2 Å². The molecule has 0 aliphatic carbocycles. The van der Waals surface area contributed by atoms with Gasteiger partial charge in [0.15, 0.2) is 0 Å². The van der Waals surface area contributed by atoms with Crippen molar-refractivity contribution in [3.63, 3.8) is 0 Å². The summed E-state index contributed by atoms with van der Waals surface area (Å²) >= 11 is 5.94. The molecule has 1 fully saturated rings. The Morgan fingerprint density at radius 2 is 1.45 bits per heavy atom. The molecule has 0 spiro atoms. The summed E-state index contributed by atoms with van der Waals surface area (Å²) in [5.41, 5.74) is 3.67. The van der Waals surface area contributed by atoms with Gasteiger partial charge in [-0.2, -0.15) is 4.98 Å². The fourth-order valence-corrected chi connectivity index (χ4v) is 5.60. The number of hydrogen-bond donors (Lipinski definition) is 0. The zero-order chi connectivity index (χ0) is 30.5. The third-order valence-electron chi connectivity index (χ3n) is 7.75. The van der Waals surface area contributed by atoms with Crippen LogP contribution in [0.3, 0.4) is 0 Å². The molecule has 4 nitrogen and oxygen atoms in total. The number of nitrogens with zero attached hydrogens (tertiary/aromatic N) is 2. The van der Waals surface area contributed by atoms with Crippen LogP contribution in [0.4, 0.5) is 18.9 Å². The largest absolute Gasteiger partial charge is 0.473 e. The standard InChI is InChI=1S/C36H30ClF3N2O2/c37-29-14-11-27(12-15-29)31-19-20-42(24-36(31,39)40)33-17-13-28(21-32(33)38)30-16-18-34(43-22-25-7-3-1-4-8-25)41-35(30)44-23-26-9-5-2-6-10-26/h1-18,21,31H,19-20,22-24H2/t31-/m1/s1. The number of aromatic nitrogens is 1. The summed E-state index contributed by atoms with van der Waals surface area (Å²) in [6.45, 7) is 0.283. The van der Waals surface area contributed by atoms with Crippen LogP contribution in [0.1, 0.15) is 29.0 Å². The van der Waals surface area contributed by atoms with Crippen LogP contribution in [0, 0.1) is 5.82 Å². The van der Waals surface area contributed by atoms with E-state index in [1.54, 1.807) is 48.5 Å². The van der Waals surface area contributed by atoms with Gasteiger partial charge in [-0.3, -0.25) is 0 Å². The number of rotatable bonds is 9. The SMILES string of the molecule is Fc1cc(-c2ccc(OCc3ccccc3)nc2OCc2ccccc2)ccc1N1CC[C@H](c2ccc(Cl)cc2)C(F)(F)C1. The van der Waals surface area contributed by atoms with Crippen LogP contribution in [-0.2, 0) is 13.2 Å². The summed E-state index contributed by atoms with van der Waals surface area (Å²) < 4.78 is 58.3. The van der Waals surface area contributed by atoms with Crippen molar-refractivity contribution in [1.82, 2.24) is 4.98 Å². The molecule has 2 heterocycles. The molecule has 1 saturated heterocycles. The summed E-state index contributed by atoms with van der Waals surface area (Å²) in [5.74, 6) is -3.96. The van der Waals surface area contributed by atoms with Crippen molar-refractivity contribution in [2.75, 3.05) is 18.0 Å². The average molecular weight is 615 g/mol. The summed E-state index contributed by atoms with van der Waals surface area (Å²) in [4.78, 5) is 6.01. The second-order valence-electron chi connectivity index (χ2n) is 10.8. The molecule has 1 aromatic heterocycles.